The molecule has 4 N–H and O–H groups in total. The predicted molar refractivity (Wildman–Crippen MR) is 72.5 cm³/mol. The van der Waals surface area contributed by atoms with Crippen LogP contribution in [0.15, 0.2) is 23.4 Å². The summed E-state index contributed by atoms with van der Waals surface area (Å²) in [4.78, 5) is 12.1. The molecule has 1 aromatic carbocycles. The number of amides is 1. The van der Waals surface area contributed by atoms with Crippen molar-refractivity contribution in [2.75, 3.05) is 7.11 Å². The highest BCUT2D eigenvalue weighted by atomic mass is 19.1. The Labute approximate surface area is 116 Å². The lowest BCUT2D eigenvalue weighted by Gasteiger charge is -2.28. The van der Waals surface area contributed by atoms with E-state index in [4.69, 9.17) is 15.7 Å². The third-order valence-corrected chi connectivity index (χ3v) is 3.19. The first-order valence-electron chi connectivity index (χ1n) is 6.02. The highest BCUT2D eigenvalue weighted by Crippen LogP contribution is 2.18. The number of ether oxygens (including phenoxy) is 1. The Bertz CT molecular complexity index is 534. The zero-order valence-electron chi connectivity index (χ0n) is 11.6. The lowest BCUT2D eigenvalue weighted by molar-refractivity contribution is 0.0920. The van der Waals surface area contributed by atoms with Gasteiger partial charge in [-0.05, 0) is 25.5 Å². The molecular weight excluding hydrogens is 265 g/mol. The molecule has 1 atom stereocenters. The van der Waals surface area contributed by atoms with Gasteiger partial charge in [0, 0.05) is 6.07 Å². The Morgan fingerprint density at radius 1 is 1.60 bits per heavy atom. The normalized spacial score (nSPS) is 14.5. The average Bonchev–Trinajstić information content (AvgIpc) is 2.45. The Morgan fingerprint density at radius 3 is 2.70 bits per heavy atom. The van der Waals surface area contributed by atoms with Gasteiger partial charge in [0.25, 0.3) is 5.91 Å². The minimum atomic E-state index is -1.06. The fourth-order valence-corrected chi connectivity index (χ4v) is 1.57. The summed E-state index contributed by atoms with van der Waals surface area (Å²) in [6.07, 6.45) is 0.381. The quantitative estimate of drug-likeness (QED) is 0.330. The van der Waals surface area contributed by atoms with Crippen LogP contribution in [0.5, 0.6) is 5.75 Å². The van der Waals surface area contributed by atoms with Crippen LogP contribution < -0.4 is 15.8 Å². The maximum atomic E-state index is 13.8. The van der Waals surface area contributed by atoms with Crippen LogP contribution in [0, 0.1) is 5.82 Å². The molecule has 0 heterocycles. The number of nitrogens with two attached hydrogens (primary N) is 1. The molecule has 6 nitrogen and oxygen atoms in total. The van der Waals surface area contributed by atoms with Gasteiger partial charge in [0.2, 0.25) is 0 Å². The number of nitrogens with zero attached hydrogens (tertiary/aromatic N) is 1. The van der Waals surface area contributed by atoms with Gasteiger partial charge < -0.3 is 21.0 Å². The number of carbonyl (C=O) groups excluding carboxylic acids is 1. The third kappa shape index (κ3) is 3.17. The van der Waals surface area contributed by atoms with Crippen molar-refractivity contribution >= 4 is 11.7 Å². The maximum absolute atomic E-state index is 13.8. The van der Waals surface area contributed by atoms with Gasteiger partial charge in [-0.15, -0.1) is 0 Å². The molecule has 0 aliphatic rings. The van der Waals surface area contributed by atoms with E-state index in [1.807, 2.05) is 0 Å². The zero-order chi connectivity index (χ0) is 15.3. The van der Waals surface area contributed by atoms with Crippen LogP contribution in [-0.2, 0) is 0 Å². The van der Waals surface area contributed by atoms with E-state index < -0.39 is 17.3 Å². The molecule has 0 radical (unpaired) electrons. The predicted octanol–water partition coefficient (Wildman–Crippen LogP) is 1.48. The van der Waals surface area contributed by atoms with Crippen molar-refractivity contribution in [2.45, 2.75) is 25.8 Å². The van der Waals surface area contributed by atoms with E-state index in [1.165, 1.54) is 19.2 Å². The van der Waals surface area contributed by atoms with Crippen molar-refractivity contribution in [2.24, 2.45) is 10.9 Å². The largest absolute Gasteiger partial charge is 0.497 e. The van der Waals surface area contributed by atoms with Gasteiger partial charge in [0.05, 0.1) is 18.2 Å². The summed E-state index contributed by atoms with van der Waals surface area (Å²) >= 11 is 0. The molecule has 0 bridgehead atoms. The molecule has 20 heavy (non-hydrogen) atoms. The molecule has 110 valence electrons. The summed E-state index contributed by atoms with van der Waals surface area (Å²) in [5.74, 6) is -1.20. The van der Waals surface area contributed by atoms with Gasteiger partial charge in [-0.1, -0.05) is 12.1 Å². The minimum Gasteiger partial charge on any atom is -0.497 e. The molecule has 0 aromatic heterocycles. The van der Waals surface area contributed by atoms with Crippen molar-refractivity contribution < 1.29 is 19.1 Å². The summed E-state index contributed by atoms with van der Waals surface area (Å²) in [5, 5.41) is 14.2. The fraction of sp³-hybridized carbons (Fsp3) is 0.385. The first kappa shape index (κ1) is 15.7. The summed E-state index contributed by atoms with van der Waals surface area (Å²) in [5.41, 5.74) is 4.34. The standard InChI is InChI=1S/C13H18FN3O3/c1-4-13(2,12(15)17-19)16-11(18)9-6-5-8(20-3)7-10(9)14/h5-7,19H,4H2,1-3H3,(H2,15,17)(H,16,18). The minimum absolute atomic E-state index is 0.142. The molecule has 1 amide bonds. The summed E-state index contributed by atoms with van der Waals surface area (Å²) in [6.45, 7) is 3.34. The van der Waals surface area contributed by atoms with Gasteiger partial charge in [0.1, 0.15) is 11.6 Å². The summed E-state index contributed by atoms with van der Waals surface area (Å²) in [7, 11) is 1.40. The zero-order valence-corrected chi connectivity index (χ0v) is 11.6. The van der Waals surface area contributed by atoms with Crippen LogP contribution in [0.2, 0.25) is 0 Å². The van der Waals surface area contributed by atoms with E-state index in [2.05, 4.69) is 10.5 Å². The number of hydrogen-bond acceptors (Lipinski definition) is 4. The molecule has 0 aliphatic heterocycles. The van der Waals surface area contributed by atoms with Crippen LogP contribution in [0.1, 0.15) is 30.6 Å². The van der Waals surface area contributed by atoms with Crippen LogP contribution in [0.3, 0.4) is 0 Å². The van der Waals surface area contributed by atoms with E-state index in [9.17, 15) is 9.18 Å². The molecule has 1 rings (SSSR count). The molecule has 1 unspecified atom stereocenters. The van der Waals surface area contributed by atoms with Crippen LogP contribution in [-0.4, -0.2) is 29.6 Å². The van der Waals surface area contributed by atoms with Crippen LogP contribution in [0.4, 0.5) is 4.39 Å². The van der Waals surface area contributed by atoms with Gasteiger partial charge in [-0.25, -0.2) is 4.39 Å². The first-order chi connectivity index (χ1) is 9.37. The average molecular weight is 283 g/mol. The molecule has 0 spiro atoms. The Balaban J connectivity index is 3.02. The number of oxime groups is 1. The van der Waals surface area contributed by atoms with Crippen molar-refractivity contribution in [1.82, 2.24) is 5.32 Å². The van der Waals surface area contributed by atoms with E-state index >= 15 is 0 Å². The first-order valence-corrected chi connectivity index (χ1v) is 6.02. The monoisotopic (exact) mass is 283 g/mol. The van der Waals surface area contributed by atoms with Crippen molar-refractivity contribution in [1.29, 1.82) is 0 Å². The number of hydrogen-bond donors (Lipinski definition) is 3. The lowest BCUT2D eigenvalue weighted by Crippen LogP contribution is -2.55. The Kier molecular flexibility index (Phi) is 4.90. The second-order valence-corrected chi connectivity index (χ2v) is 4.47. The number of rotatable bonds is 5. The third-order valence-electron chi connectivity index (χ3n) is 3.19. The number of amidine groups is 1. The van der Waals surface area contributed by atoms with Crippen molar-refractivity contribution in [3.05, 3.63) is 29.6 Å². The van der Waals surface area contributed by atoms with E-state index in [0.29, 0.717) is 12.2 Å². The van der Waals surface area contributed by atoms with Gasteiger partial charge in [0.15, 0.2) is 5.84 Å². The number of nitrogens with one attached hydrogen (secondary N) is 1. The molecule has 1 aromatic rings. The number of halogens is 1. The van der Waals surface area contributed by atoms with Gasteiger partial charge in [-0.2, -0.15) is 0 Å². The fourth-order valence-electron chi connectivity index (χ4n) is 1.57. The van der Waals surface area contributed by atoms with Gasteiger partial charge in [-0.3, -0.25) is 4.79 Å². The van der Waals surface area contributed by atoms with Crippen LogP contribution in [0.25, 0.3) is 0 Å². The second-order valence-electron chi connectivity index (χ2n) is 4.47. The Hall–Kier alpha value is -2.31. The van der Waals surface area contributed by atoms with E-state index in [0.717, 1.165) is 6.07 Å². The lowest BCUT2D eigenvalue weighted by atomic mass is 9.96. The molecule has 0 saturated carbocycles. The van der Waals surface area contributed by atoms with E-state index in [-0.39, 0.29) is 11.4 Å². The Morgan fingerprint density at radius 2 is 2.25 bits per heavy atom. The highest BCUT2D eigenvalue weighted by Gasteiger charge is 2.30. The SMILES string of the molecule is CCC(C)(NC(=O)c1ccc(OC)cc1F)/C(N)=N/O. The number of carbonyl (C=O) groups is 1. The van der Waals surface area contributed by atoms with Crippen LogP contribution >= 0.6 is 0 Å². The highest BCUT2D eigenvalue weighted by molar-refractivity contribution is 6.00. The van der Waals surface area contributed by atoms with Crippen molar-refractivity contribution in [3.8, 4) is 5.75 Å². The summed E-state index contributed by atoms with van der Waals surface area (Å²) in [6, 6.07) is 3.90. The molecular formula is C13H18FN3O3. The second kappa shape index (κ2) is 6.23. The van der Waals surface area contributed by atoms with Crippen molar-refractivity contribution in [3.63, 3.8) is 0 Å². The smallest absolute Gasteiger partial charge is 0.255 e. The number of benzene rings is 1. The van der Waals surface area contributed by atoms with E-state index in [1.54, 1.807) is 13.8 Å². The molecule has 0 aliphatic carbocycles. The maximum Gasteiger partial charge on any atom is 0.255 e. The van der Waals surface area contributed by atoms with Gasteiger partial charge >= 0.3 is 0 Å². The molecule has 0 fully saturated rings. The summed E-state index contributed by atoms with van der Waals surface area (Å²) < 4.78 is 18.7. The topological polar surface area (TPSA) is 96.9 Å². The molecule has 7 heteroatoms. The molecule has 0 saturated heterocycles. The number of methoxy groups -OCH3 is 1.